The van der Waals surface area contributed by atoms with E-state index in [1.807, 2.05) is 0 Å². The summed E-state index contributed by atoms with van der Waals surface area (Å²) in [6.07, 6.45) is 8.87. The lowest BCUT2D eigenvalue weighted by molar-refractivity contribution is -0.136. The van der Waals surface area contributed by atoms with Gasteiger partial charge in [-0.25, -0.2) is 0 Å². The molecule has 0 radical (unpaired) electrons. The monoisotopic (exact) mass is 1370 g/mol. The highest BCUT2D eigenvalue weighted by Gasteiger charge is 2.32. The summed E-state index contributed by atoms with van der Waals surface area (Å²) in [6, 6.07) is 10.9. The summed E-state index contributed by atoms with van der Waals surface area (Å²) in [6.45, 7) is 0. The molecule has 0 saturated heterocycles. The number of carbonyl (C=O) groups is 1. The molecule has 0 unspecified atom stereocenters. The van der Waals surface area contributed by atoms with E-state index >= 15 is 0 Å². The number of allylic oxidation sites excluding steroid dienone is 8. The van der Waals surface area contributed by atoms with Gasteiger partial charge in [-0.1, -0.05) is 48.2 Å². The van der Waals surface area contributed by atoms with Crippen LogP contribution < -0.4 is 0 Å². The van der Waals surface area contributed by atoms with Crippen LogP contribution in [0.4, 0.5) is 0 Å². The van der Waals surface area contributed by atoms with Crippen LogP contribution in [0.3, 0.4) is 0 Å². The van der Waals surface area contributed by atoms with Crippen molar-refractivity contribution in [1.29, 1.82) is 0 Å². The van der Waals surface area contributed by atoms with Crippen LogP contribution in [0.1, 0.15) is 42.4 Å². The van der Waals surface area contributed by atoms with E-state index in [1.165, 1.54) is 48.6 Å². The molecule has 0 bridgehead atoms. The van der Waals surface area contributed by atoms with Gasteiger partial charge in [0.1, 0.15) is 19.6 Å². The highest BCUT2D eigenvalue weighted by molar-refractivity contribution is 8.16. The number of benzene rings is 4. The molecule has 0 fully saturated rings. The molecule has 26 nitrogen and oxygen atoms in total. The minimum absolute atomic E-state index is 0.0532. The van der Waals surface area contributed by atoms with Crippen molar-refractivity contribution in [2.45, 2.75) is 64.8 Å². The molecule has 0 atom stereocenters. The number of aliphatic carboxylic acids is 1. The van der Waals surface area contributed by atoms with E-state index in [1.54, 1.807) is 0 Å². The van der Waals surface area contributed by atoms with Crippen molar-refractivity contribution in [2.24, 2.45) is 0 Å². The summed E-state index contributed by atoms with van der Waals surface area (Å²) in [7, 11) is -41.8. The Hall–Kier alpha value is -5.66. The van der Waals surface area contributed by atoms with Crippen molar-refractivity contribution in [2.75, 3.05) is 5.75 Å². The molecule has 4 aromatic carbocycles. The maximum Gasteiger partial charge on any atom is 0.304 e. The summed E-state index contributed by atoms with van der Waals surface area (Å²) in [4.78, 5) is 3.34. The van der Waals surface area contributed by atoms with Crippen LogP contribution in [0.2, 0.25) is 0 Å². The van der Waals surface area contributed by atoms with Crippen molar-refractivity contribution in [3.05, 3.63) is 154 Å². The zero-order valence-corrected chi connectivity index (χ0v) is 50.5. The van der Waals surface area contributed by atoms with Crippen molar-refractivity contribution < 1.29 is 114 Å². The Morgan fingerprint density at radius 2 is 0.845 bits per heavy atom. The van der Waals surface area contributed by atoms with Crippen molar-refractivity contribution >= 4 is 138 Å². The summed E-state index contributed by atoms with van der Waals surface area (Å²) in [5, 5.41) is 9.61. The van der Waals surface area contributed by atoms with E-state index in [2.05, 4.69) is 0 Å². The van der Waals surface area contributed by atoms with Crippen molar-refractivity contribution in [3.8, 4) is 20.9 Å². The van der Waals surface area contributed by atoms with E-state index in [9.17, 15) is 114 Å². The topological polar surface area (TPSA) is 472 Å². The molecule has 0 saturated carbocycles. The number of rotatable bonds is 19. The third-order valence-corrected chi connectivity index (χ3v) is 22.2. The zero-order chi connectivity index (χ0) is 62.5. The average molecular weight is 1370 g/mol. The molecular formula is C47H39O26S11+. The van der Waals surface area contributed by atoms with Gasteiger partial charge in [0.25, 0.3) is 80.9 Å². The first-order chi connectivity index (χ1) is 38.5. The second-order valence-corrected chi connectivity index (χ2v) is 32.1. The van der Waals surface area contributed by atoms with Crippen molar-refractivity contribution in [3.63, 3.8) is 0 Å². The minimum Gasteiger partial charge on any atom is -0.481 e. The highest BCUT2D eigenvalue weighted by Crippen LogP contribution is 2.48. The minimum atomic E-state index is -5.36. The molecule has 84 heavy (non-hydrogen) atoms. The van der Waals surface area contributed by atoms with Gasteiger partial charge in [0.2, 0.25) is 21.1 Å². The predicted octanol–water partition coefficient (Wildman–Crippen LogP) is 7.68. The Kier molecular flexibility index (Phi) is 19.0. The first-order valence-electron chi connectivity index (χ1n) is 22.6. The average Bonchev–Trinajstić information content (AvgIpc) is 2.82. The van der Waals surface area contributed by atoms with E-state index in [0.717, 1.165) is 60.3 Å². The van der Waals surface area contributed by atoms with E-state index in [-0.39, 0.29) is 55.7 Å². The van der Waals surface area contributed by atoms with Gasteiger partial charge in [0.15, 0.2) is 0 Å². The highest BCUT2D eigenvalue weighted by atomic mass is 32.3. The molecule has 1 aromatic heterocycles. The standard InChI is InChI=1S/C47H38O26S11/c48-46(49)16-17-74-47-28(6-4-26-18-38(34-12-8-30(77(50,51)52)22-42(34)81(62,63)64)75-39(19-26)35-13-9-31(78(53,54)55)23-43(35)82(65,66)67)2-1-3-29(47)7-5-27-20-40(36-14-10-32(79(56,57)58)24-44(36)83(68,69)70)76-41(21-27)37-15-11-33(80(59,60)61)25-45(37)84(71,72)73/h4-15,18-25H,1-3,16-17H2,(H8-,48,49,50,51,52,53,54,55,56,57,58,59,60,61,62,63,64,65,66,67,68,69,70,71,72,73)/p+1. The number of thioether (sulfide) groups is 2. The predicted molar refractivity (Wildman–Crippen MR) is 305 cm³/mol. The summed E-state index contributed by atoms with van der Waals surface area (Å²) in [5.74, 6) is -1.26. The molecule has 1 aliphatic carbocycles. The quantitative estimate of drug-likeness (QED) is 0.0282. The van der Waals surface area contributed by atoms with Crippen LogP contribution in [0, 0.1) is 0 Å². The molecule has 7 rings (SSSR count). The Bertz CT molecular complexity index is 4550. The van der Waals surface area contributed by atoms with E-state index in [4.69, 9.17) is 0 Å². The Morgan fingerprint density at radius 3 is 1.20 bits per heavy atom. The number of hydrogen-bond donors (Lipinski definition) is 9. The van der Waals surface area contributed by atoms with Crippen LogP contribution in [0.25, 0.3) is 36.8 Å². The molecule has 0 spiro atoms. The first kappa shape index (κ1) is 65.9. The van der Waals surface area contributed by atoms with Crippen LogP contribution in [0.5, 0.6) is 0 Å². The molecule has 5 aromatic rings. The third-order valence-electron chi connectivity index (χ3n) is 11.8. The van der Waals surface area contributed by atoms with Gasteiger partial charge in [-0.15, -0.1) is 11.8 Å². The molecule has 448 valence electrons. The van der Waals surface area contributed by atoms with Crippen LogP contribution >= 0.6 is 34.9 Å². The van der Waals surface area contributed by atoms with E-state index < -0.39 is 148 Å². The van der Waals surface area contributed by atoms with Gasteiger partial charge in [-0.3, -0.25) is 41.2 Å². The van der Waals surface area contributed by atoms with Gasteiger partial charge in [0, 0.05) is 43.7 Å². The molecule has 37 heteroatoms. The van der Waals surface area contributed by atoms with Crippen molar-refractivity contribution in [1.82, 2.24) is 0 Å². The number of hydrogen-bond acceptors (Lipinski definition) is 19. The Morgan fingerprint density at radius 1 is 0.476 bits per heavy atom. The SMILES string of the molecule is O=C(O)CCSC1=C(/C=C/c2cc(-c3ccc(S(=O)(=O)O)cc3S(=O)(=O)O)[s+]c(-c3ccc(S(=O)(=O)O)cc3S(=O)(=O)O)c2)CCC/C1=C\C=C1C=C(c2ccc(S(=O)(=O)O)cc2S(=O)(=O)O)SC(c2ccc(S(=O)(=O)O)cc2S(=O)(=O)O)=C1. The fourth-order valence-corrected chi connectivity index (χ4v) is 17.2. The third kappa shape index (κ3) is 16.0. The molecule has 9 N–H and O–H groups in total. The van der Waals surface area contributed by atoms with Gasteiger partial charge in [-0.2, -0.15) is 67.3 Å². The first-order valence-corrected chi connectivity index (χ1v) is 36.8. The van der Waals surface area contributed by atoms with Gasteiger partial charge in [0.05, 0.1) is 37.1 Å². The maximum absolute atomic E-state index is 12.8. The van der Waals surface area contributed by atoms with Gasteiger partial charge < -0.3 is 5.11 Å². The Labute approximate surface area is 492 Å². The molecule has 0 amide bonds. The fraction of sp³-hybridized carbons (Fsp3) is 0.106. The molecule has 1 aliphatic heterocycles. The second kappa shape index (κ2) is 24.2. The second-order valence-electron chi connectivity index (χ2n) is 17.6. The summed E-state index contributed by atoms with van der Waals surface area (Å²) >= 11 is 2.19. The zero-order valence-electron chi connectivity index (χ0n) is 41.5. The maximum atomic E-state index is 12.8. The van der Waals surface area contributed by atoms with E-state index in [0.29, 0.717) is 69.8 Å². The van der Waals surface area contributed by atoms with Crippen LogP contribution in [-0.2, 0) is 85.7 Å². The largest absolute Gasteiger partial charge is 0.481 e. The number of carboxylic acid groups (broad SMARTS) is 1. The van der Waals surface area contributed by atoms with Crippen LogP contribution in [-0.4, -0.2) is 121 Å². The molecule has 2 aliphatic rings. The summed E-state index contributed by atoms with van der Waals surface area (Å²) in [5.41, 5.74) is -0.669. The molecular weight excluding hydrogens is 1330 g/mol. The normalized spacial score (nSPS) is 15.8. The fourth-order valence-electron chi connectivity index (χ4n) is 8.13. The molecule has 2 heterocycles. The lowest BCUT2D eigenvalue weighted by atomic mass is 9.93. The number of carboxylic acids is 1. The lowest BCUT2D eigenvalue weighted by Gasteiger charge is -2.22. The van der Waals surface area contributed by atoms with Gasteiger partial charge in [-0.05, 0) is 114 Å². The smallest absolute Gasteiger partial charge is 0.304 e. The van der Waals surface area contributed by atoms with Gasteiger partial charge >= 0.3 is 5.97 Å². The Balaban J connectivity index is 1.47. The van der Waals surface area contributed by atoms with Crippen LogP contribution in [0.15, 0.2) is 176 Å². The summed E-state index contributed by atoms with van der Waals surface area (Å²) < 4.78 is 279. The lowest BCUT2D eigenvalue weighted by Crippen LogP contribution is -2.08.